The molecule has 30 heavy (non-hydrogen) atoms. The summed E-state index contributed by atoms with van der Waals surface area (Å²) in [5, 5.41) is 3.41. The number of nitrogens with one attached hydrogen (secondary N) is 1. The molecule has 0 saturated carbocycles. The van der Waals surface area contributed by atoms with Crippen molar-refractivity contribution in [2.75, 3.05) is 5.73 Å². The second-order valence-corrected chi connectivity index (χ2v) is 6.97. The number of carbonyl (C=O) groups excluding carboxylic acids is 1. The number of nitrogens with zero attached hydrogens (tertiary/aromatic N) is 4. The molecule has 2 aromatic carbocycles. The molecule has 1 amide bonds. The van der Waals surface area contributed by atoms with Gasteiger partial charge in [-0.05, 0) is 31.2 Å². The van der Waals surface area contributed by atoms with Crippen molar-refractivity contribution in [1.29, 1.82) is 0 Å². The van der Waals surface area contributed by atoms with Crippen molar-refractivity contribution < 1.29 is 4.79 Å². The number of nitrogen functional groups attached to an aromatic ring is 1. The first-order valence-corrected chi connectivity index (χ1v) is 9.49. The Balaban J connectivity index is 1.86. The fraction of sp³-hybridized carbons (Fsp3) is 0.0952. The van der Waals surface area contributed by atoms with E-state index in [-0.39, 0.29) is 17.1 Å². The number of aromatic nitrogens is 4. The molecule has 4 rings (SSSR count). The second kappa shape index (κ2) is 7.92. The summed E-state index contributed by atoms with van der Waals surface area (Å²) in [5.41, 5.74) is 6.47. The molecule has 0 bridgehead atoms. The van der Waals surface area contributed by atoms with Crippen LogP contribution in [0.5, 0.6) is 0 Å². The van der Waals surface area contributed by atoms with Gasteiger partial charge in [-0.2, -0.15) is 0 Å². The molecule has 0 aliphatic rings. The van der Waals surface area contributed by atoms with E-state index in [1.165, 1.54) is 17.0 Å². The van der Waals surface area contributed by atoms with Crippen molar-refractivity contribution in [2.45, 2.75) is 13.0 Å². The highest BCUT2D eigenvalue weighted by Gasteiger charge is 2.22. The molecule has 150 valence electrons. The summed E-state index contributed by atoms with van der Waals surface area (Å²) >= 11 is 6.28. The van der Waals surface area contributed by atoms with Gasteiger partial charge in [0.15, 0.2) is 11.5 Å². The van der Waals surface area contributed by atoms with E-state index >= 15 is 0 Å². The highest BCUT2D eigenvalue weighted by molar-refractivity contribution is 6.35. The molecule has 0 aliphatic carbocycles. The Labute approximate surface area is 176 Å². The maximum atomic E-state index is 13.4. The number of benzene rings is 2. The van der Waals surface area contributed by atoms with Crippen molar-refractivity contribution >= 4 is 34.2 Å². The standard InChI is InChI=1S/C21H17ClN6O2/c1-12(26-20(29)17-18(23)25-11-10-24-17)19-27-15-9-5-8-14(22)16(15)21(30)28(19)13-6-3-2-4-7-13/h2-12H,1H3,(H2,23,25)(H,26,29)/t12-/m0/s1. The van der Waals surface area contributed by atoms with E-state index in [1.54, 1.807) is 37.3 Å². The Bertz CT molecular complexity index is 1310. The Hall–Kier alpha value is -3.78. The number of nitrogens with two attached hydrogens (primary N) is 1. The summed E-state index contributed by atoms with van der Waals surface area (Å²) in [6.45, 7) is 1.72. The average Bonchev–Trinajstić information content (AvgIpc) is 2.74. The van der Waals surface area contributed by atoms with Crippen molar-refractivity contribution in [3.05, 3.63) is 87.8 Å². The van der Waals surface area contributed by atoms with Crippen molar-refractivity contribution in [2.24, 2.45) is 0 Å². The molecule has 3 N–H and O–H groups in total. The van der Waals surface area contributed by atoms with Crippen LogP contribution in [-0.4, -0.2) is 25.4 Å². The van der Waals surface area contributed by atoms with E-state index in [1.807, 2.05) is 18.2 Å². The number of fused-ring (bicyclic) bond motifs is 1. The molecular formula is C21H17ClN6O2. The van der Waals surface area contributed by atoms with Gasteiger partial charge in [0.05, 0.1) is 27.7 Å². The number of hydrogen-bond acceptors (Lipinski definition) is 6. The molecule has 8 nitrogen and oxygen atoms in total. The van der Waals surface area contributed by atoms with Gasteiger partial charge in [-0.15, -0.1) is 0 Å². The minimum absolute atomic E-state index is 0.00166. The van der Waals surface area contributed by atoms with Crippen LogP contribution in [-0.2, 0) is 0 Å². The van der Waals surface area contributed by atoms with Crippen LogP contribution in [0.2, 0.25) is 5.02 Å². The van der Waals surface area contributed by atoms with E-state index < -0.39 is 11.9 Å². The maximum absolute atomic E-state index is 13.4. The van der Waals surface area contributed by atoms with Crippen LogP contribution < -0.4 is 16.6 Å². The van der Waals surface area contributed by atoms with Gasteiger partial charge >= 0.3 is 0 Å². The number of amides is 1. The number of anilines is 1. The fourth-order valence-corrected chi connectivity index (χ4v) is 3.43. The number of hydrogen-bond donors (Lipinski definition) is 2. The zero-order valence-corrected chi connectivity index (χ0v) is 16.7. The predicted octanol–water partition coefficient (Wildman–Crippen LogP) is 2.90. The number of halogens is 1. The minimum atomic E-state index is -0.643. The molecule has 4 aromatic rings. The lowest BCUT2D eigenvalue weighted by Gasteiger charge is -2.20. The molecule has 0 unspecified atom stereocenters. The largest absolute Gasteiger partial charge is 0.382 e. The Morgan fingerprint density at radius 3 is 2.57 bits per heavy atom. The van der Waals surface area contributed by atoms with Crippen LogP contribution in [0.3, 0.4) is 0 Å². The van der Waals surface area contributed by atoms with E-state index in [0.29, 0.717) is 27.4 Å². The molecule has 0 saturated heterocycles. The van der Waals surface area contributed by atoms with Crippen LogP contribution >= 0.6 is 11.6 Å². The van der Waals surface area contributed by atoms with Crippen LogP contribution in [0.4, 0.5) is 5.82 Å². The quantitative estimate of drug-likeness (QED) is 0.524. The molecule has 9 heteroatoms. The highest BCUT2D eigenvalue weighted by atomic mass is 35.5. The number of para-hydroxylation sites is 1. The molecule has 2 aromatic heterocycles. The van der Waals surface area contributed by atoms with Crippen LogP contribution in [0.25, 0.3) is 16.6 Å². The molecular weight excluding hydrogens is 404 g/mol. The first-order valence-electron chi connectivity index (χ1n) is 9.11. The van der Waals surface area contributed by atoms with Crippen molar-refractivity contribution in [3.8, 4) is 5.69 Å². The van der Waals surface area contributed by atoms with Crippen LogP contribution in [0.1, 0.15) is 29.3 Å². The van der Waals surface area contributed by atoms with E-state index in [0.717, 1.165) is 0 Å². The van der Waals surface area contributed by atoms with Crippen LogP contribution in [0, 0.1) is 0 Å². The van der Waals surface area contributed by atoms with Gasteiger partial charge in [-0.1, -0.05) is 35.9 Å². The van der Waals surface area contributed by atoms with Gasteiger partial charge in [0.1, 0.15) is 5.82 Å². The molecule has 2 heterocycles. The first-order chi connectivity index (χ1) is 14.5. The zero-order chi connectivity index (χ0) is 21.3. The summed E-state index contributed by atoms with van der Waals surface area (Å²) < 4.78 is 1.44. The lowest BCUT2D eigenvalue weighted by Crippen LogP contribution is -2.34. The van der Waals surface area contributed by atoms with Gasteiger partial charge in [-0.25, -0.2) is 15.0 Å². The summed E-state index contributed by atoms with van der Waals surface area (Å²) in [6.07, 6.45) is 2.78. The minimum Gasteiger partial charge on any atom is -0.382 e. The third-order valence-electron chi connectivity index (χ3n) is 4.56. The SMILES string of the molecule is C[C@H](NC(=O)c1nccnc1N)c1nc2cccc(Cl)c2c(=O)n1-c1ccccc1. The average molecular weight is 421 g/mol. The third kappa shape index (κ3) is 3.48. The van der Waals surface area contributed by atoms with E-state index in [2.05, 4.69) is 20.3 Å². The fourth-order valence-electron chi connectivity index (χ4n) is 3.18. The summed E-state index contributed by atoms with van der Waals surface area (Å²) in [5.74, 6) is -0.161. The van der Waals surface area contributed by atoms with Crippen molar-refractivity contribution in [3.63, 3.8) is 0 Å². The molecule has 0 aliphatic heterocycles. The second-order valence-electron chi connectivity index (χ2n) is 6.57. The summed E-state index contributed by atoms with van der Waals surface area (Å²) in [4.78, 5) is 38.5. The lowest BCUT2D eigenvalue weighted by molar-refractivity contribution is 0.0933. The number of rotatable bonds is 4. The van der Waals surface area contributed by atoms with E-state index in [4.69, 9.17) is 17.3 Å². The maximum Gasteiger partial charge on any atom is 0.274 e. The molecule has 0 fully saturated rings. The lowest BCUT2D eigenvalue weighted by atomic mass is 10.2. The normalized spacial score (nSPS) is 11.9. The summed E-state index contributed by atoms with van der Waals surface area (Å²) in [6, 6.07) is 13.5. The van der Waals surface area contributed by atoms with Crippen molar-refractivity contribution in [1.82, 2.24) is 24.8 Å². The summed E-state index contributed by atoms with van der Waals surface area (Å²) in [7, 11) is 0. The Kier molecular flexibility index (Phi) is 5.16. The van der Waals surface area contributed by atoms with Gasteiger partial charge in [0.2, 0.25) is 0 Å². The number of carbonyl (C=O) groups is 1. The zero-order valence-electron chi connectivity index (χ0n) is 15.9. The van der Waals surface area contributed by atoms with Gasteiger partial charge in [0, 0.05) is 12.4 Å². The highest BCUT2D eigenvalue weighted by Crippen LogP contribution is 2.23. The van der Waals surface area contributed by atoms with Gasteiger partial charge in [-0.3, -0.25) is 14.2 Å². The predicted molar refractivity (Wildman–Crippen MR) is 115 cm³/mol. The smallest absolute Gasteiger partial charge is 0.274 e. The van der Waals surface area contributed by atoms with Gasteiger partial charge in [0.25, 0.3) is 11.5 Å². The van der Waals surface area contributed by atoms with Crippen LogP contribution in [0.15, 0.2) is 65.7 Å². The molecule has 0 radical (unpaired) electrons. The third-order valence-corrected chi connectivity index (χ3v) is 4.88. The van der Waals surface area contributed by atoms with Gasteiger partial charge < -0.3 is 11.1 Å². The van der Waals surface area contributed by atoms with E-state index in [9.17, 15) is 9.59 Å². The first kappa shape index (κ1) is 19.5. The Morgan fingerprint density at radius 2 is 1.83 bits per heavy atom. The Morgan fingerprint density at radius 1 is 1.10 bits per heavy atom. The molecule has 1 atom stereocenters. The monoisotopic (exact) mass is 420 g/mol. The molecule has 0 spiro atoms. The topological polar surface area (TPSA) is 116 Å².